The molecule has 0 saturated carbocycles. The van der Waals surface area contributed by atoms with Crippen molar-refractivity contribution in [3.05, 3.63) is 46.8 Å². The third-order valence-corrected chi connectivity index (χ3v) is 7.18. The van der Waals surface area contributed by atoms with E-state index < -0.39 is 10.0 Å². The Labute approximate surface area is 159 Å². The zero-order chi connectivity index (χ0) is 19.9. The van der Waals surface area contributed by atoms with Gasteiger partial charge in [0.2, 0.25) is 16.0 Å². The van der Waals surface area contributed by atoms with Crippen LogP contribution in [0.1, 0.15) is 53.5 Å². The Morgan fingerprint density at radius 1 is 1.19 bits per heavy atom. The van der Waals surface area contributed by atoms with Crippen LogP contribution in [0.15, 0.2) is 29.2 Å². The highest BCUT2D eigenvalue weighted by Crippen LogP contribution is 2.36. The predicted octanol–water partition coefficient (Wildman–Crippen LogP) is 2.31. The van der Waals surface area contributed by atoms with Gasteiger partial charge in [-0.25, -0.2) is 18.4 Å². The number of rotatable bonds is 4. The number of nitrogen functional groups attached to an aromatic ring is 1. The first kappa shape index (κ1) is 19.4. The molecule has 1 heterocycles. The molecule has 1 aliphatic rings. The molecule has 0 spiro atoms. The molecule has 0 amide bonds. The van der Waals surface area contributed by atoms with E-state index in [4.69, 9.17) is 5.73 Å². The van der Waals surface area contributed by atoms with Crippen LogP contribution in [0, 0.1) is 6.92 Å². The number of sulfonamides is 1. The summed E-state index contributed by atoms with van der Waals surface area (Å²) in [4.78, 5) is 21.3. The van der Waals surface area contributed by atoms with Gasteiger partial charge in [-0.05, 0) is 44.7 Å². The molecule has 27 heavy (non-hydrogen) atoms. The summed E-state index contributed by atoms with van der Waals surface area (Å²) in [5.41, 5.74) is 8.06. The Kier molecular flexibility index (Phi) is 5.05. The fourth-order valence-electron chi connectivity index (χ4n) is 3.50. The van der Waals surface area contributed by atoms with Crippen molar-refractivity contribution in [1.29, 1.82) is 0 Å². The molecule has 7 nitrogen and oxygen atoms in total. The summed E-state index contributed by atoms with van der Waals surface area (Å²) in [6.45, 7) is 5.39. The van der Waals surface area contributed by atoms with Gasteiger partial charge in [-0.1, -0.05) is 18.2 Å². The summed E-state index contributed by atoms with van der Waals surface area (Å²) in [6.07, 6.45) is 0.672. The quantitative estimate of drug-likeness (QED) is 0.861. The van der Waals surface area contributed by atoms with Crippen molar-refractivity contribution < 1.29 is 13.2 Å². The summed E-state index contributed by atoms with van der Waals surface area (Å²) in [5, 5.41) is 0. The van der Waals surface area contributed by atoms with E-state index in [-0.39, 0.29) is 35.0 Å². The van der Waals surface area contributed by atoms with Crippen molar-refractivity contribution in [2.24, 2.45) is 0 Å². The fourth-order valence-corrected chi connectivity index (χ4v) is 5.15. The van der Waals surface area contributed by atoms with E-state index in [1.54, 1.807) is 38.2 Å². The number of ketones is 1. The zero-order valence-corrected chi connectivity index (χ0v) is 16.7. The Bertz CT molecular complexity index is 1000. The van der Waals surface area contributed by atoms with Crippen molar-refractivity contribution in [1.82, 2.24) is 14.3 Å². The molecule has 144 valence electrons. The first-order valence-electron chi connectivity index (χ1n) is 8.86. The lowest BCUT2D eigenvalue weighted by Gasteiger charge is -2.28. The average Bonchev–Trinajstić information content (AvgIpc) is 2.59. The molecule has 8 heteroatoms. The van der Waals surface area contributed by atoms with Crippen LogP contribution in [0.5, 0.6) is 0 Å². The highest BCUT2D eigenvalue weighted by atomic mass is 32.2. The molecule has 0 bridgehead atoms. The minimum Gasteiger partial charge on any atom is -0.368 e. The van der Waals surface area contributed by atoms with Gasteiger partial charge in [0.25, 0.3) is 0 Å². The highest BCUT2D eigenvalue weighted by Gasteiger charge is 2.34. The number of hydrogen-bond acceptors (Lipinski definition) is 6. The molecule has 0 fully saturated rings. The van der Waals surface area contributed by atoms with Crippen LogP contribution in [-0.4, -0.2) is 41.6 Å². The van der Waals surface area contributed by atoms with Crippen LogP contribution in [-0.2, 0) is 16.4 Å². The number of aromatic nitrogens is 2. The molecule has 0 saturated heterocycles. The third-order valence-electron chi connectivity index (χ3n) is 5.08. The zero-order valence-electron chi connectivity index (χ0n) is 15.9. The molecule has 0 radical (unpaired) electrons. The van der Waals surface area contributed by atoms with E-state index in [1.165, 1.54) is 4.31 Å². The lowest BCUT2D eigenvalue weighted by molar-refractivity contribution is 0.0961. The fraction of sp³-hybridized carbons (Fsp3) is 0.421. The van der Waals surface area contributed by atoms with Crippen LogP contribution in [0.4, 0.5) is 5.95 Å². The van der Waals surface area contributed by atoms with Gasteiger partial charge in [-0.3, -0.25) is 4.79 Å². The third kappa shape index (κ3) is 3.46. The SMILES string of the molecule is Cc1nc(N)nc2c1C(=O)CC(c1ccccc1S(=O)(=O)N(C)C(C)C)C2. The van der Waals surface area contributed by atoms with Gasteiger partial charge in [-0.15, -0.1) is 0 Å². The highest BCUT2D eigenvalue weighted by molar-refractivity contribution is 7.89. The minimum absolute atomic E-state index is 0.0804. The maximum atomic E-state index is 13.1. The largest absolute Gasteiger partial charge is 0.368 e. The van der Waals surface area contributed by atoms with Crippen molar-refractivity contribution in [2.45, 2.75) is 50.5 Å². The standard InChI is InChI=1S/C19H24N4O3S/c1-11(2)23(4)27(25,26)17-8-6-5-7-14(17)13-9-15-18(16(24)10-13)12(3)21-19(20)22-15/h5-8,11,13H,9-10H2,1-4H3,(H2,20,21,22). The lowest BCUT2D eigenvalue weighted by atomic mass is 9.81. The maximum absolute atomic E-state index is 13.1. The number of carbonyl (C=O) groups is 1. The molecule has 1 atom stereocenters. The van der Waals surface area contributed by atoms with Crippen LogP contribution >= 0.6 is 0 Å². The second-order valence-electron chi connectivity index (χ2n) is 7.17. The number of benzene rings is 1. The molecule has 1 aromatic heterocycles. The number of Topliss-reactive ketones (excluding diaryl/α,β-unsaturated/α-hetero) is 1. The monoisotopic (exact) mass is 388 g/mol. The second-order valence-corrected chi connectivity index (χ2v) is 9.14. The molecule has 1 unspecified atom stereocenters. The maximum Gasteiger partial charge on any atom is 0.243 e. The summed E-state index contributed by atoms with van der Waals surface area (Å²) in [7, 11) is -2.10. The summed E-state index contributed by atoms with van der Waals surface area (Å²) in [6, 6.07) is 6.70. The summed E-state index contributed by atoms with van der Waals surface area (Å²) < 4.78 is 27.5. The van der Waals surface area contributed by atoms with Gasteiger partial charge < -0.3 is 5.73 Å². The Morgan fingerprint density at radius 3 is 2.52 bits per heavy atom. The number of aryl methyl sites for hydroxylation is 1. The first-order valence-corrected chi connectivity index (χ1v) is 10.3. The van der Waals surface area contributed by atoms with E-state index in [9.17, 15) is 13.2 Å². The number of nitrogens with zero attached hydrogens (tertiary/aromatic N) is 3. The molecule has 1 aliphatic carbocycles. The van der Waals surface area contributed by atoms with E-state index in [2.05, 4.69) is 9.97 Å². The Hall–Kier alpha value is -2.32. The van der Waals surface area contributed by atoms with Gasteiger partial charge >= 0.3 is 0 Å². The summed E-state index contributed by atoms with van der Waals surface area (Å²) in [5.74, 6) is -0.228. The van der Waals surface area contributed by atoms with Crippen LogP contribution < -0.4 is 5.73 Å². The van der Waals surface area contributed by atoms with Crippen molar-refractivity contribution in [2.75, 3.05) is 12.8 Å². The second kappa shape index (κ2) is 7.01. The van der Waals surface area contributed by atoms with Crippen LogP contribution in [0.3, 0.4) is 0 Å². The van der Waals surface area contributed by atoms with E-state index in [0.717, 1.165) is 0 Å². The number of nitrogens with two attached hydrogens (primary N) is 1. The molecule has 2 aromatic rings. The topological polar surface area (TPSA) is 106 Å². The summed E-state index contributed by atoms with van der Waals surface area (Å²) >= 11 is 0. The Morgan fingerprint density at radius 2 is 1.85 bits per heavy atom. The number of anilines is 1. The molecule has 2 N–H and O–H groups in total. The van der Waals surface area contributed by atoms with Gasteiger partial charge in [0.15, 0.2) is 5.78 Å². The number of hydrogen-bond donors (Lipinski definition) is 1. The van der Waals surface area contributed by atoms with E-state index in [0.29, 0.717) is 28.9 Å². The van der Waals surface area contributed by atoms with E-state index in [1.807, 2.05) is 13.8 Å². The normalized spacial score (nSPS) is 17.4. The average molecular weight is 388 g/mol. The van der Waals surface area contributed by atoms with Gasteiger partial charge in [0, 0.05) is 19.5 Å². The molecular weight excluding hydrogens is 364 g/mol. The van der Waals surface area contributed by atoms with Crippen molar-refractivity contribution in [3.8, 4) is 0 Å². The van der Waals surface area contributed by atoms with Crippen LogP contribution in [0.2, 0.25) is 0 Å². The molecular formula is C19H24N4O3S. The van der Waals surface area contributed by atoms with Gasteiger partial charge in [-0.2, -0.15) is 4.31 Å². The van der Waals surface area contributed by atoms with Gasteiger partial charge in [0.1, 0.15) is 0 Å². The van der Waals surface area contributed by atoms with Crippen LogP contribution in [0.25, 0.3) is 0 Å². The van der Waals surface area contributed by atoms with Gasteiger partial charge in [0.05, 0.1) is 21.8 Å². The van der Waals surface area contributed by atoms with E-state index >= 15 is 0 Å². The Balaban J connectivity index is 2.08. The minimum atomic E-state index is -3.66. The number of fused-ring (bicyclic) bond motifs is 1. The smallest absolute Gasteiger partial charge is 0.243 e. The molecule has 3 rings (SSSR count). The van der Waals surface area contributed by atoms with Crippen molar-refractivity contribution in [3.63, 3.8) is 0 Å². The first-order chi connectivity index (χ1) is 12.6. The lowest BCUT2D eigenvalue weighted by Crippen LogP contribution is -2.34. The van der Waals surface area contributed by atoms with Crippen molar-refractivity contribution >= 4 is 21.8 Å². The molecule has 1 aromatic carbocycles. The molecule has 0 aliphatic heterocycles. The number of carbonyl (C=O) groups excluding carboxylic acids is 1. The predicted molar refractivity (Wildman–Crippen MR) is 103 cm³/mol.